The highest BCUT2D eigenvalue weighted by molar-refractivity contribution is 5.82. The molecular formula is C12H20N2O. The molecule has 1 saturated heterocycles. The van der Waals surface area contributed by atoms with Crippen molar-refractivity contribution in [1.29, 1.82) is 0 Å². The van der Waals surface area contributed by atoms with Gasteiger partial charge in [-0.2, -0.15) is 0 Å². The Morgan fingerprint density at radius 1 is 1.67 bits per heavy atom. The molecule has 1 aliphatic rings. The van der Waals surface area contributed by atoms with E-state index in [-0.39, 0.29) is 11.9 Å². The number of hydrogen-bond donors (Lipinski definition) is 1. The third-order valence-electron chi connectivity index (χ3n) is 2.94. The first kappa shape index (κ1) is 12.1. The summed E-state index contributed by atoms with van der Waals surface area (Å²) in [5.41, 5.74) is 0. The minimum atomic E-state index is -0.0259. The van der Waals surface area contributed by atoms with Crippen molar-refractivity contribution >= 4 is 5.91 Å². The van der Waals surface area contributed by atoms with E-state index in [9.17, 15) is 4.79 Å². The van der Waals surface area contributed by atoms with Crippen LogP contribution in [0.4, 0.5) is 0 Å². The number of piperidine rings is 1. The minimum absolute atomic E-state index is 0.0259. The fourth-order valence-electron chi connectivity index (χ4n) is 1.97. The smallest absolute Gasteiger partial charge is 0.240 e. The van der Waals surface area contributed by atoms with E-state index in [2.05, 4.69) is 18.2 Å². The highest BCUT2D eigenvalue weighted by Gasteiger charge is 2.27. The standard InChI is InChI=1S/C12H20N2O/c1-4-8-14(5-2)12(15)11-9-10(3)6-7-13-11/h1,10-11,13H,5-9H2,2-3H3. The third kappa shape index (κ3) is 3.24. The van der Waals surface area contributed by atoms with Crippen molar-refractivity contribution < 1.29 is 4.79 Å². The number of nitrogens with zero attached hydrogens (tertiary/aromatic N) is 1. The van der Waals surface area contributed by atoms with Gasteiger partial charge in [0.2, 0.25) is 5.91 Å². The molecule has 1 aliphatic heterocycles. The molecule has 0 aromatic rings. The first-order chi connectivity index (χ1) is 7.19. The van der Waals surface area contributed by atoms with Gasteiger partial charge in [0.1, 0.15) is 0 Å². The molecule has 2 atom stereocenters. The van der Waals surface area contributed by atoms with Crippen molar-refractivity contribution in [2.24, 2.45) is 5.92 Å². The van der Waals surface area contributed by atoms with Crippen molar-refractivity contribution in [3.8, 4) is 12.3 Å². The maximum absolute atomic E-state index is 12.0. The molecule has 3 heteroatoms. The highest BCUT2D eigenvalue weighted by Crippen LogP contribution is 2.16. The van der Waals surface area contributed by atoms with Crippen molar-refractivity contribution in [2.45, 2.75) is 32.7 Å². The van der Waals surface area contributed by atoms with E-state index >= 15 is 0 Å². The van der Waals surface area contributed by atoms with Gasteiger partial charge in [0.05, 0.1) is 12.6 Å². The average Bonchev–Trinajstić information content (AvgIpc) is 2.25. The van der Waals surface area contributed by atoms with Gasteiger partial charge in [-0.25, -0.2) is 0 Å². The monoisotopic (exact) mass is 208 g/mol. The molecule has 0 radical (unpaired) electrons. The number of nitrogens with one attached hydrogen (secondary N) is 1. The van der Waals surface area contributed by atoms with Crippen molar-refractivity contribution in [1.82, 2.24) is 10.2 Å². The van der Waals surface area contributed by atoms with E-state index in [1.807, 2.05) is 6.92 Å². The Morgan fingerprint density at radius 2 is 2.40 bits per heavy atom. The van der Waals surface area contributed by atoms with Crippen LogP contribution in [0.15, 0.2) is 0 Å². The third-order valence-corrected chi connectivity index (χ3v) is 2.94. The summed E-state index contributed by atoms with van der Waals surface area (Å²) >= 11 is 0. The molecule has 1 rings (SSSR count). The predicted molar refractivity (Wildman–Crippen MR) is 61.3 cm³/mol. The van der Waals surface area contributed by atoms with Crippen LogP contribution >= 0.6 is 0 Å². The molecule has 2 unspecified atom stereocenters. The molecule has 0 aromatic heterocycles. The summed E-state index contributed by atoms with van der Waals surface area (Å²) in [5.74, 6) is 3.31. The zero-order valence-corrected chi connectivity index (χ0v) is 9.62. The molecule has 1 heterocycles. The van der Waals surface area contributed by atoms with E-state index in [1.165, 1.54) is 0 Å². The number of amides is 1. The molecule has 0 spiro atoms. The summed E-state index contributed by atoms with van der Waals surface area (Å²) in [4.78, 5) is 13.8. The second-order valence-corrected chi connectivity index (χ2v) is 4.19. The van der Waals surface area contributed by atoms with Gasteiger partial charge in [0, 0.05) is 6.54 Å². The fraction of sp³-hybridized carbons (Fsp3) is 0.750. The molecular weight excluding hydrogens is 188 g/mol. The molecule has 0 aliphatic carbocycles. The second-order valence-electron chi connectivity index (χ2n) is 4.19. The van der Waals surface area contributed by atoms with Gasteiger partial charge in [-0.05, 0) is 32.2 Å². The van der Waals surface area contributed by atoms with Crippen LogP contribution in [0.25, 0.3) is 0 Å². The summed E-state index contributed by atoms with van der Waals surface area (Å²) in [7, 11) is 0. The normalized spacial score (nSPS) is 25.7. The summed E-state index contributed by atoms with van der Waals surface area (Å²) in [6, 6.07) is -0.0259. The van der Waals surface area contributed by atoms with E-state index in [0.717, 1.165) is 19.4 Å². The van der Waals surface area contributed by atoms with E-state index in [1.54, 1.807) is 4.90 Å². The van der Waals surface area contributed by atoms with Crippen LogP contribution < -0.4 is 5.32 Å². The highest BCUT2D eigenvalue weighted by atomic mass is 16.2. The van der Waals surface area contributed by atoms with Gasteiger partial charge in [0.25, 0.3) is 0 Å². The molecule has 1 N–H and O–H groups in total. The Balaban J connectivity index is 2.54. The van der Waals surface area contributed by atoms with Gasteiger partial charge in [0.15, 0.2) is 0 Å². The summed E-state index contributed by atoms with van der Waals surface area (Å²) in [6.07, 6.45) is 7.32. The Morgan fingerprint density at radius 3 is 2.93 bits per heavy atom. The molecule has 0 saturated carbocycles. The second kappa shape index (κ2) is 5.77. The summed E-state index contributed by atoms with van der Waals surface area (Å²) in [5, 5.41) is 3.26. The van der Waals surface area contributed by atoms with Crippen LogP contribution in [0.1, 0.15) is 26.7 Å². The van der Waals surface area contributed by atoms with Crippen LogP contribution in [0.5, 0.6) is 0 Å². The van der Waals surface area contributed by atoms with Crippen LogP contribution in [-0.4, -0.2) is 36.5 Å². The van der Waals surface area contributed by atoms with Gasteiger partial charge in [-0.3, -0.25) is 4.79 Å². The molecule has 84 valence electrons. The van der Waals surface area contributed by atoms with Crippen molar-refractivity contribution in [3.63, 3.8) is 0 Å². The number of hydrogen-bond acceptors (Lipinski definition) is 2. The average molecular weight is 208 g/mol. The lowest BCUT2D eigenvalue weighted by atomic mass is 9.93. The summed E-state index contributed by atoms with van der Waals surface area (Å²) < 4.78 is 0. The lowest BCUT2D eigenvalue weighted by molar-refractivity contribution is -0.133. The molecule has 1 amide bonds. The fourth-order valence-corrected chi connectivity index (χ4v) is 1.97. The Hall–Kier alpha value is -1.01. The minimum Gasteiger partial charge on any atom is -0.330 e. The Bertz CT molecular complexity index is 257. The molecule has 15 heavy (non-hydrogen) atoms. The molecule has 3 nitrogen and oxygen atoms in total. The zero-order chi connectivity index (χ0) is 11.3. The summed E-state index contributed by atoms with van der Waals surface area (Å²) in [6.45, 7) is 6.20. The van der Waals surface area contributed by atoms with Gasteiger partial charge < -0.3 is 10.2 Å². The van der Waals surface area contributed by atoms with Crippen LogP contribution in [0.3, 0.4) is 0 Å². The lowest BCUT2D eigenvalue weighted by Crippen LogP contribution is -2.50. The molecule has 1 fully saturated rings. The lowest BCUT2D eigenvalue weighted by Gasteiger charge is -2.31. The van der Waals surface area contributed by atoms with Gasteiger partial charge >= 0.3 is 0 Å². The predicted octanol–water partition coefficient (Wildman–Crippen LogP) is 0.856. The van der Waals surface area contributed by atoms with Gasteiger partial charge in [-0.15, -0.1) is 6.42 Å². The Labute approximate surface area is 92.2 Å². The van der Waals surface area contributed by atoms with E-state index < -0.39 is 0 Å². The maximum atomic E-state index is 12.0. The van der Waals surface area contributed by atoms with Crippen LogP contribution in [0.2, 0.25) is 0 Å². The SMILES string of the molecule is C#CCN(CC)C(=O)C1CC(C)CCN1. The van der Waals surface area contributed by atoms with Crippen molar-refractivity contribution in [2.75, 3.05) is 19.6 Å². The first-order valence-electron chi connectivity index (χ1n) is 5.64. The quantitative estimate of drug-likeness (QED) is 0.698. The van der Waals surface area contributed by atoms with Crippen molar-refractivity contribution in [3.05, 3.63) is 0 Å². The van der Waals surface area contributed by atoms with Crippen LogP contribution in [0, 0.1) is 18.3 Å². The molecule has 0 bridgehead atoms. The number of carbonyl (C=O) groups is 1. The largest absolute Gasteiger partial charge is 0.330 e. The Kier molecular flexibility index (Phi) is 4.64. The van der Waals surface area contributed by atoms with E-state index in [0.29, 0.717) is 19.0 Å². The first-order valence-corrected chi connectivity index (χ1v) is 5.64. The topological polar surface area (TPSA) is 32.3 Å². The number of rotatable bonds is 3. The number of likely N-dealkylation sites (N-methyl/N-ethyl adjacent to an activating group) is 1. The maximum Gasteiger partial charge on any atom is 0.240 e. The van der Waals surface area contributed by atoms with E-state index in [4.69, 9.17) is 6.42 Å². The zero-order valence-electron chi connectivity index (χ0n) is 9.62. The number of terminal acetylenes is 1. The molecule has 0 aromatic carbocycles. The van der Waals surface area contributed by atoms with Crippen LogP contribution in [-0.2, 0) is 4.79 Å². The number of carbonyl (C=O) groups excluding carboxylic acids is 1. The van der Waals surface area contributed by atoms with Gasteiger partial charge in [-0.1, -0.05) is 12.8 Å².